The normalized spacial score (nSPS) is 12.2. The Hall–Kier alpha value is -9.79. The third kappa shape index (κ3) is 5.64. The van der Waals surface area contributed by atoms with Gasteiger partial charge in [-0.3, -0.25) is 0 Å². The summed E-state index contributed by atoms with van der Waals surface area (Å²) in [5.74, 6) is 1.52. The number of aromatic nitrogens is 3. The first-order valence-electron chi connectivity index (χ1n) is 23.6. The van der Waals surface area contributed by atoms with Crippen LogP contribution in [0.5, 0.6) is 0 Å². The van der Waals surface area contributed by atoms with Gasteiger partial charge in [0.1, 0.15) is 55.8 Å². The van der Waals surface area contributed by atoms with Crippen molar-refractivity contribution in [2.75, 3.05) is 0 Å². The Bertz CT molecular complexity index is 4660. The van der Waals surface area contributed by atoms with Crippen LogP contribution in [0.2, 0.25) is 0 Å². The van der Waals surface area contributed by atoms with E-state index in [2.05, 4.69) is 91.0 Å². The van der Waals surface area contributed by atoms with Crippen molar-refractivity contribution < 1.29 is 22.1 Å². The minimum atomic E-state index is 0.507. The molecule has 0 aliphatic rings. The second-order valence-electron chi connectivity index (χ2n) is 18.2. The van der Waals surface area contributed by atoms with Gasteiger partial charge in [0.15, 0.2) is 17.5 Å². The molecule has 0 radical (unpaired) electrons. The summed E-state index contributed by atoms with van der Waals surface area (Å²) in [6, 6.07) is 68.0. The summed E-state index contributed by atoms with van der Waals surface area (Å²) in [5.41, 5.74) is 14.6. The quantitative estimate of drug-likeness (QED) is 0.168. The zero-order chi connectivity index (χ0) is 46.3. The van der Waals surface area contributed by atoms with Crippen LogP contribution >= 0.6 is 0 Å². The van der Waals surface area contributed by atoms with Crippen molar-refractivity contribution in [2.24, 2.45) is 0 Å². The van der Waals surface area contributed by atoms with Gasteiger partial charge in [-0.05, 0) is 101 Å². The van der Waals surface area contributed by atoms with Crippen molar-refractivity contribution in [2.45, 2.75) is 0 Å². The van der Waals surface area contributed by atoms with Gasteiger partial charge in [-0.25, -0.2) is 15.0 Å². The fourth-order valence-corrected chi connectivity index (χ4v) is 11.0. The lowest BCUT2D eigenvalue weighted by molar-refractivity contribution is 0.668. The van der Waals surface area contributed by atoms with Gasteiger partial charge in [0.25, 0.3) is 0 Å². The number of benzene rings is 10. The Morgan fingerprint density at radius 1 is 0.211 bits per heavy atom. The van der Waals surface area contributed by atoms with E-state index in [4.69, 9.17) is 37.0 Å². The first-order chi connectivity index (χ1) is 35.1. The van der Waals surface area contributed by atoms with E-state index in [9.17, 15) is 0 Å². The highest BCUT2D eigenvalue weighted by Crippen LogP contribution is 2.44. The van der Waals surface area contributed by atoms with Gasteiger partial charge in [-0.2, -0.15) is 0 Å². The van der Waals surface area contributed by atoms with E-state index in [0.717, 1.165) is 149 Å². The van der Waals surface area contributed by atoms with Crippen LogP contribution in [0.3, 0.4) is 0 Å². The lowest BCUT2D eigenvalue weighted by Crippen LogP contribution is -2.00. The van der Waals surface area contributed by atoms with Crippen molar-refractivity contribution in [3.63, 3.8) is 0 Å². The number of furan rings is 5. The molecule has 0 spiro atoms. The number of nitrogens with zero attached hydrogens (tertiary/aromatic N) is 3. The molecule has 0 N–H and O–H groups in total. The average Bonchev–Trinajstić information content (AvgIpc) is 4.25. The third-order valence-corrected chi connectivity index (χ3v) is 14.2. The summed E-state index contributed by atoms with van der Waals surface area (Å²) in [6.45, 7) is 0. The van der Waals surface area contributed by atoms with Crippen LogP contribution in [0.15, 0.2) is 222 Å². The van der Waals surface area contributed by atoms with Crippen LogP contribution < -0.4 is 0 Å². The molecular weight excluding hydrogens is 879 g/mol. The largest absolute Gasteiger partial charge is 0.456 e. The molecule has 0 aliphatic carbocycles. The lowest BCUT2D eigenvalue weighted by atomic mass is 9.97. The molecule has 10 aromatic carbocycles. The molecule has 8 heteroatoms. The molecule has 0 saturated heterocycles. The van der Waals surface area contributed by atoms with Crippen LogP contribution in [0.4, 0.5) is 0 Å². The van der Waals surface area contributed by atoms with E-state index in [1.807, 2.05) is 109 Å². The predicted octanol–water partition coefficient (Wildman–Crippen LogP) is 17.7. The Balaban J connectivity index is 0.889. The Morgan fingerprint density at radius 3 is 1.04 bits per heavy atom. The topological polar surface area (TPSA) is 104 Å². The molecule has 0 aliphatic heterocycles. The number of hydrogen-bond donors (Lipinski definition) is 0. The van der Waals surface area contributed by atoms with Crippen molar-refractivity contribution in [1.82, 2.24) is 15.0 Å². The molecule has 0 atom stereocenters. The highest BCUT2D eigenvalue weighted by molar-refractivity contribution is 6.18. The van der Waals surface area contributed by atoms with E-state index in [0.29, 0.717) is 17.5 Å². The molecule has 0 saturated carbocycles. The maximum atomic E-state index is 6.72. The molecule has 8 nitrogen and oxygen atoms in total. The van der Waals surface area contributed by atoms with Crippen molar-refractivity contribution in [3.05, 3.63) is 200 Å². The van der Waals surface area contributed by atoms with Crippen LogP contribution in [0.25, 0.3) is 166 Å². The van der Waals surface area contributed by atoms with Gasteiger partial charge in [-0.1, -0.05) is 121 Å². The fraction of sp³-hybridized carbons (Fsp3) is 0. The van der Waals surface area contributed by atoms with Crippen LogP contribution in [0.1, 0.15) is 0 Å². The summed E-state index contributed by atoms with van der Waals surface area (Å²) in [6.07, 6.45) is 0. The first-order valence-corrected chi connectivity index (χ1v) is 23.6. The summed E-state index contributed by atoms with van der Waals surface area (Å²) >= 11 is 0. The smallest absolute Gasteiger partial charge is 0.164 e. The molecule has 330 valence electrons. The molecule has 16 aromatic rings. The number of hydrogen-bond acceptors (Lipinski definition) is 8. The van der Waals surface area contributed by atoms with Crippen molar-refractivity contribution >= 4 is 110 Å². The highest BCUT2D eigenvalue weighted by atomic mass is 16.3. The molecule has 0 fully saturated rings. The summed E-state index contributed by atoms with van der Waals surface area (Å²) in [5, 5.41) is 10.1. The monoisotopic (exact) mass is 911 g/mol. The molecule has 71 heavy (non-hydrogen) atoms. The molecule has 0 amide bonds. The molecule has 16 rings (SSSR count). The maximum absolute atomic E-state index is 6.72. The Labute approximate surface area is 401 Å². The van der Waals surface area contributed by atoms with Gasteiger partial charge in [-0.15, -0.1) is 0 Å². The van der Waals surface area contributed by atoms with Crippen LogP contribution in [0, 0.1) is 0 Å². The Kier molecular flexibility index (Phi) is 7.73. The molecular formula is C63H33N3O5. The summed E-state index contributed by atoms with van der Waals surface area (Å²) in [4.78, 5) is 15.9. The predicted molar refractivity (Wildman–Crippen MR) is 283 cm³/mol. The highest BCUT2D eigenvalue weighted by Gasteiger charge is 2.23. The molecule has 0 unspecified atom stereocenters. The SMILES string of the molecule is c1ccc2c(c1)oc1cc(-c3nc(-c4cccc5oc6cc(-c7cccc8oc9ccccc9c78)ccc6c45)nc(-c4cccc5oc6cc(-c7cccc8oc9ccccc9c78)ccc6c45)n3)ccc12. The number of rotatable bonds is 5. The molecule has 6 aromatic heterocycles. The van der Waals surface area contributed by atoms with Gasteiger partial charge in [0, 0.05) is 70.6 Å². The lowest BCUT2D eigenvalue weighted by Gasteiger charge is -2.10. The first kappa shape index (κ1) is 38.2. The van der Waals surface area contributed by atoms with E-state index < -0.39 is 0 Å². The van der Waals surface area contributed by atoms with Gasteiger partial charge < -0.3 is 22.1 Å². The van der Waals surface area contributed by atoms with Crippen molar-refractivity contribution in [3.8, 4) is 56.4 Å². The van der Waals surface area contributed by atoms with Crippen molar-refractivity contribution in [1.29, 1.82) is 0 Å². The van der Waals surface area contributed by atoms with E-state index in [1.54, 1.807) is 0 Å². The van der Waals surface area contributed by atoms with E-state index in [1.165, 1.54) is 0 Å². The second-order valence-corrected chi connectivity index (χ2v) is 18.2. The van der Waals surface area contributed by atoms with Gasteiger partial charge in [0.2, 0.25) is 0 Å². The second kappa shape index (κ2) is 14.4. The third-order valence-electron chi connectivity index (χ3n) is 14.2. The fourth-order valence-electron chi connectivity index (χ4n) is 11.0. The van der Waals surface area contributed by atoms with Gasteiger partial charge >= 0.3 is 0 Å². The zero-order valence-electron chi connectivity index (χ0n) is 37.4. The number of para-hydroxylation sites is 3. The molecule has 6 heterocycles. The number of fused-ring (bicyclic) bond motifs is 15. The molecule has 0 bridgehead atoms. The minimum absolute atomic E-state index is 0.507. The van der Waals surface area contributed by atoms with E-state index in [-0.39, 0.29) is 0 Å². The standard InChI is InChI=1S/C63H33N3O5/c1-4-18-47-39(11-1)40-28-27-36(33-54(40)69-47)61-64-62(45-16-9-23-52-59(45)43-29-25-34(31-55(43)70-52)37-14-7-21-50-57(37)41-12-2-5-19-48(41)67-50)66-63(65-61)46-17-10-24-53-60(46)44-30-26-35(32-56(44)71-53)38-15-8-22-51-58(38)42-13-3-6-20-49(42)68-51/h1-33H. The average molecular weight is 912 g/mol. The minimum Gasteiger partial charge on any atom is -0.456 e. The van der Waals surface area contributed by atoms with Crippen LogP contribution in [-0.4, -0.2) is 15.0 Å². The van der Waals surface area contributed by atoms with Crippen LogP contribution in [-0.2, 0) is 0 Å². The Morgan fingerprint density at radius 2 is 0.521 bits per heavy atom. The van der Waals surface area contributed by atoms with Gasteiger partial charge in [0.05, 0.1) is 0 Å². The summed E-state index contributed by atoms with van der Waals surface area (Å²) in [7, 11) is 0. The van der Waals surface area contributed by atoms with E-state index >= 15 is 0 Å². The summed E-state index contributed by atoms with van der Waals surface area (Å²) < 4.78 is 32.3. The maximum Gasteiger partial charge on any atom is 0.164 e. The zero-order valence-corrected chi connectivity index (χ0v) is 37.4.